The molecule has 148 valence electrons. The van der Waals surface area contributed by atoms with Crippen LogP contribution in [0.15, 0.2) is 11.6 Å². The molecule has 0 saturated heterocycles. The summed E-state index contributed by atoms with van der Waals surface area (Å²) in [6.07, 6.45) is 9.45. The van der Waals surface area contributed by atoms with Crippen molar-refractivity contribution in [2.45, 2.75) is 96.9 Å². The summed E-state index contributed by atoms with van der Waals surface area (Å²) in [6.45, 7) is 8.71. The van der Waals surface area contributed by atoms with Gasteiger partial charge in [-0.05, 0) is 92.8 Å². The van der Waals surface area contributed by atoms with Crippen LogP contribution >= 0.6 is 0 Å². The maximum Gasteiger partial charge on any atom is 0.0682 e. The number of hydrogen-bond acceptors (Lipinski definition) is 3. The largest absolute Gasteiger partial charge is 0.393 e. The van der Waals surface area contributed by atoms with Crippen LogP contribution < -0.4 is 0 Å². The van der Waals surface area contributed by atoms with Crippen molar-refractivity contribution in [3.05, 3.63) is 11.6 Å². The van der Waals surface area contributed by atoms with E-state index in [1.807, 2.05) is 6.92 Å². The molecule has 0 aliphatic heterocycles. The van der Waals surface area contributed by atoms with Crippen LogP contribution in [0.5, 0.6) is 0 Å². The summed E-state index contributed by atoms with van der Waals surface area (Å²) in [5.74, 6) is 1.76. The average Bonchev–Trinajstić information content (AvgIpc) is 2.92. The van der Waals surface area contributed by atoms with Crippen LogP contribution in [-0.4, -0.2) is 33.1 Å². The molecule has 3 nitrogen and oxygen atoms in total. The van der Waals surface area contributed by atoms with Gasteiger partial charge in [0.25, 0.3) is 0 Å². The first-order valence-electron chi connectivity index (χ1n) is 10.9. The molecule has 0 spiro atoms. The van der Waals surface area contributed by atoms with Gasteiger partial charge in [-0.2, -0.15) is 0 Å². The van der Waals surface area contributed by atoms with E-state index in [1.54, 1.807) is 0 Å². The molecule has 3 saturated carbocycles. The lowest BCUT2D eigenvalue weighted by Crippen LogP contribution is -2.57. The van der Waals surface area contributed by atoms with Crippen LogP contribution in [0.2, 0.25) is 0 Å². The quantitative estimate of drug-likeness (QED) is 0.649. The van der Waals surface area contributed by atoms with Crippen molar-refractivity contribution in [3.63, 3.8) is 0 Å². The number of allylic oxidation sites excluding steroid dienone is 1. The Kier molecular flexibility index (Phi) is 4.42. The average molecular weight is 363 g/mol. The molecule has 4 aliphatic rings. The smallest absolute Gasteiger partial charge is 0.0682 e. The molecule has 0 aromatic rings. The van der Waals surface area contributed by atoms with Crippen LogP contribution in [-0.2, 0) is 0 Å². The summed E-state index contributed by atoms with van der Waals surface area (Å²) in [6, 6.07) is 0. The summed E-state index contributed by atoms with van der Waals surface area (Å²) in [7, 11) is 0. The summed E-state index contributed by atoms with van der Waals surface area (Å²) in [5, 5.41) is 32.5. The standard InChI is InChI=1S/C23H38O3/c1-5-23(26)11-10-21(3)15(12-23)6-7-16-18-9-8-17(14(2)24)22(18,4)13-19(25)20(16)21/h6,14,16-20,24-26H,5,7-13H2,1-4H3/t14?,16?,17-,18+,19+,20-,21+,22-,23+/m1/s1. The van der Waals surface area contributed by atoms with Crippen molar-refractivity contribution in [1.82, 2.24) is 0 Å². The van der Waals surface area contributed by atoms with Gasteiger partial charge in [0, 0.05) is 0 Å². The molecule has 4 rings (SSSR count). The molecule has 3 N–H and O–H groups in total. The molecule has 2 unspecified atom stereocenters. The van der Waals surface area contributed by atoms with Gasteiger partial charge in [0.2, 0.25) is 0 Å². The van der Waals surface area contributed by atoms with E-state index in [9.17, 15) is 15.3 Å². The molecule has 0 heterocycles. The van der Waals surface area contributed by atoms with Gasteiger partial charge >= 0.3 is 0 Å². The van der Waals surface area contributed by atoms with E-state index in [2.05, 4.69) is 26.8 Å². The second-order valence-corrected chi connectivity index (χ2v) is 10.6. The second-order valence-electron chi connectivity index (χ2n) is 10.6. The van der Waals surface area contributed by atoms with E-state index < -0.39 is 5.60 Å². The van der Waals surface area contributed by atoms with Crippen LogP contribution in [0.3, 0.4) is 0 Å². The predicted molar refractivity (Wildman–Crippen MR) is 104 cm³/mol. The fraction of sp³-hybridized carbons (Fsp3) is 0.913. The normalized spacial score (nSPS) is 54.7. The highest BCUT2D eigenvalue weighted by atomic mass is 16.3. The van der Waals surface area contributed by atoms with Gasteiger partial charge in [-0.15, -0.1) is 0 Å². The Hall–Kier alpha value is -0.380. The maximum atomic E-state index is 11.3. The van der Waals surface area contributed by atoms with Crippen LogP contribution in [0, 0.1) is 34.5 Å². The second kappa shape index (κ2) is 6.06. The maximum absolute atomic E-state index is 11.3. The topological polar surface area (TPSA) is 60.7 Å². The predicted octanol–water partition coefficient (Wildman–Crippen LogP) is 4.06. The molecule has 0 radical (unpaired) electrons. The third-order valence-corrected chi connectivity index (χ3v) is 9.50. The third-order valence-electron chi connectivity index (χ3n) is 9.50. The third kappa shape index (κ3) is 2.49. The number of hydrogen-bond donors (Lipinski definition) is 3. The zero-order valence-electron chi connectivity index (χ0n) is 17.0. The molecular weight excluding hydrogens is 324 g/mol. The zero-order valence-corrected chi connectivity index (χ0v) is 17.0. The first-order valence-corrected chi connectivity index (χ1v) is 10.9. The van der Waals surface area contributed by atoms with Crippen molar-refractivity contribution in [3.8, 4) is 0 Å². The monoisotopic (exact) mass is 362 g/mol. The van der Waals surface area contributed by atoms with E-state index in [4.69, 9.17) is 0 Å². The molecule has 0 bridgehead atoms. The molecule has 4 aliphatic carbocycles. The Balaban J connectivity index is 1.68. The van der Waals surface area contributed by atoms with Gasteiger partial charge in [0.1, 0.15) is 0 Å². The molecule has 0 aromatic carbocycles. The molecule has 0 aromatic heterocycles. The highest BCUT2D eigenvalue weighted by Crippen LogP contribution is 2.67. The van der Waals surface area contributed by atoms with Gasteiger partial charge in [0.15, 0.2) is 0 Å². The van der Waals surface area contributed by atoms with Crippen LogP contribution in [0.1, 0.15) is 79.1 Å². The van der Waals surface area contributed by atoms with Crippen LogP contribution in [0.4, 0.5) is 0 Å². The number of aliphatic hydroxyl groups excluding tert-OH is 2. The van der Waals surface area contributed by atoms with Crippen molar-refractivity contribution in [1.29, 1.82) is 0 Å². The molecule has 3 fully saturated rings. The molecular formula is C23H38O3. The van der Waals surface area contributed by atoms with E-state index >= 15 is 0 Å². The Morgan fingerprint density at radius 3 is 2.62 bits per heavy atom. The van der Waals surface area contributed by atoms with E-state index in [1.165, 1.54) is 12.0 Å². The fourth-order valence-corrected chi connectivity index (χ4v) is 7.98. The Morgan fingerprint density at radius 2 is 1.96 bits per heavy atom. The lowest BCUT2D eigenvalue weighted by Gasteiger charge is -2.60. The van der Waals surface area contributed by atoms with Gasteiger partial charge in [0.05, 0.1) is 17.8 Å². The highest BCUT2D eigenvalue weighted by molar-refractivity contribution is 5.28. The number of aliphatic hydroxyl groups is 3. The Bertz CT molecular complexity index is 598. The number of fused-ring (bicyclic) bond motifs is 5. The van der Waals surface area contributed by atoms with E-state index in [0.717, 1.165) is 44.9 Å². The summed E-state index contributed by atoms with van der Waals surface area (Å²) < 4.78 is 0. The van der Waals surface area contributed by atoms with Crippen molar-refractivity contribution in [2.75, 3.05) is 0 Å². The van der Waals surface area contributed by atoms with Crippen molar-refractivity contribution in [2.24, 2.45) is 34.5 Å². The molecule has 9 atom stereocenters. The van der Waals surface area contributed by atoms with Gasteiger partial charge < -0.3 is 15.3 Å². The van der Waals surface area contributed by atoms with E-state index in [-0.39, 0.29) is 23.0 Å². The SMILES string of the molecule is CC[C@]1(O)CC[C@@]2(C)C(=CCC3[C@@H]2[C@@H](O)C[C@]2(C)[C@@H](C(C)O)CC[C@@H]32)C1. The minimum atomic E-state index is -0.545. The van der Waals surface area contributed by atoms with Gasteiger partial charge in [-0.3, -0.25) is 0 Å². The van der Waals surface area contributed by atoms with Crippen LogP contribution in [0.25, 0.3) is 0 Å². The molecule has 0 amide bonds. The lowest BCUT2D eigenvalue weighted by molar-refractivity contribution is -0.140. The van der Waals surface area contributed by atoms with Gasteiger partial charge in [-0.1, -0.05) is 32.4 Å². The molecule has 26 heavy (non-hydrogen) atoms. The first-order chi connectivity index (χ1) is 12.1. The lowest BCUT2D eigenvalue weighted by atomic mass is 9.45. The minimum Gasteiger partial charge on any atom is -0.393 e. The van der Waals surface area contributed by atoms with Crippen molar-refractivity contribution >= 4 is 0 Å². The van der Waals surface area contributed by atoms with Crippen molar-refractivity contribution < 1.29 is 15.3 Å². The number of rotatable bonds is 2. The zero-order chi connectivity index (χ0) is 18.9. The first kappa shape index (κ1) is 19.0. The highest BCUT2D eigenvalue weighted by Gasteiger charge is 2.62. The van der Waals surface area contributed by atoms with Gasteiger partial charge in [-0.25, -0.2) is 0 Å². The summed E-state index contributed by atoms with van der Waals surface area (Å²) >= 11 is 0. The van der Waals surface area contributed by atoms with E-state index in [0.29, 0.717) is 23.7 Å². The Morgan fingerprint density at radius 1 is 1.23 bits per heavy atom. The Labute approximate surface area is 158 Å². The minimum absolute atomic E-state index is 0.0357. The summed E-state index contributed by atoms with van der Waals surface area (Å²) in [4.78, 5) is 0. The molecule has 3 heteroatoms. The fourth-order valence-electron chi connectivity index (χ4n) is 7.98. The summed E-state index contributed by atoms with van der Waals surface area (Å²) in [5.41, 5.74) is 0.961.